The number of nitrogens with zero attached hydrogens (tertiary/aromatic N) is 3. The van der Waals surface area contributed by atoms with Crippen LogP contribution in [-0.4, -0.2) is 34.2 Å². The summed E-state index contributed by atoms with van der Waals surface area (Å²) >= 11 is 0. The van der Waals surface area contributed by atoms with E-state index >= 15 is 0 Å². The molecule has 10 heteroatoms. The molecule has 0 unspecified atom stereocenters. The SMILES string of the molecule is O=C(Nc1ccc(C(F)(F)F)cc1)N1CCC(c2nnc(-c3ccoc3)o2)CC1. The lowest BCUT2D eigenvalue weighted by molar-refractivity contribution is -0.137. The predicted molar refractivity (Wildman–Crippen MR) is 96.0 cm³/mol. The number of alkyl halides is 3. The average Bonchev–Trinajstić information content (AvgIpc) is 3.39. The first kappa shape index (κ1) is 19.0. The van der Waals surface area contributed by atoms with E-state index in [1.807, 2.05) is 0 Å². The number of amides is 2. The van der Waals surface area contributed by atoms with Crippen LogP contribution in [0.25, 0.3) is 11.5 Å². The van der Waals surface area contributed by atoms with Crippen LogP contribution >= 0.6 is 0 Å². The maximum Gasteiger partial charge on any atom is 0.416 e. The molecule has 1 aliphatic heterocycles. The van der Waals surface area contributed by atoms with E-state index in [9.17, 15) is 18.0 Å². The van der Waals surface area contributed by atoms with E-state index in [2.05, 4.69) is 15.5 Å². The maximum absolute atomic E-state index is 12.6. The highest BCUT2D eigenvalue weighted by molar-refractivity contribution is 5.89. The summed E-state index contributed by atoms with van der Waals surface area (Å²) in [6.45, 7) is 0.946. The van der Waals surface area contributed by atoms with Crippen molar-refractivity contribution in [3.63, 3.8) is 0 Å². The van der Waals surface area contributed by atoms with Crippen LogP contribution in [0.2, 0.25) is 0 Å². The molecule has 7 nitrogen and oxygen atoms in total. The molecular weight excluding hydrogens is 389 g/mol. The highest BCUT2D eigenvalue weighted by Crippen LogP contribution is 2.31. The molecule has 2 amide bonds. The molecule has 29 heavy (non-hydrogen) atoms. The van der Waals surface area contributed by atoms with Gasteiger partial charge in [0, 0.05) is 24.7 Å². The third kappa shape index (κ3) is 4.25. The summed E-state index contributed by atoms with van der Waals surface area (Å²) in [5.41, 5.74) is 0.259. The molecule has 152 valence electrons. The topological polar surface area (TPSA) is 84.4 Å². The molecule has 1 saturated heterocycles. The first-order chi connectivity index (χ1) is 13.9. The quantitative estimate of drug-likeness (QED) is 0.678. The van der Waals surface area contributed by atoms with Gasteiger partial charge in [0.1, 0.15) is 6.26 Å². The van der Waals surface area contributed by atoms with Gasteiger partial charge in [-0.1, -0.05) is 0 Å². The van der Waals surface area contributed by atoms with Crippen molar-refractivity contribution in [2.45, 2.75) is 24.9 Å². The van der Waals surface area contributed by atoms with Gasteiger partial charge in [-0.05, 0) is 43.2 Å². The molecule has 1 aromatic carbocycles. The molecule has 0 radical (unpaired) electrons. The van der Waals surface area contributed by atoms with Gasteiger partial charge in [-0.15, -0.1) is 10.2 Å². The molecule has 1 aliphatic rings. The van der Waals surface area contributed by atoms with E-state index in [1.165, 1.54) is 24.7 Å². The Morgan fingerprint density at radius 3 is 2.45 bits per heavy atom. The van der Waals surface area contributed by atoms with Crippen LogP contribution in [-0.2, 0) is 6.18 Å². The minimum absolute atomic E-state index is 0.0401. The lowest BCUT2D eigenvalue weighted by Gasteiger charge is -2.30. The van der Waals surface area contributed by atoms with E-state index < -0.39 is 11.7 Å². The Labute approximate surface area is 163 Å². The van der Waals surface area contributed by atoms with Gasteiger partial charge in [0.15, 0.2) is 0 Å². The van der Waals surface area contributed by atoms with Gasteiger partial charge in [0.05, 0.1) is 17.4 Å². The first-order valence-corrected chi connectivity index (χ1v) is 8.99. The standard InChI is InChI=1S/C19H17F3N4O3/c20-19(21,22)14-1-3-15(4-2-14)23-18(27)26-8-5-12(6-9-26)16-24-25-17(29-16)13-7-10-28-11-13/h1-4,7,10-12H,5-6,8-9H2,(H,23,27). The molecule has 3 aromatic rings. The number of piperidine rings is 1. The summed E-state index contributed by atoms with van der Waals surface area (Å²) in [6.07, 6.45) is -0.0734. The Balaban J connectivity index is 1.32. The van der Waals surface area contributed by atoms with Crippen LogP contribution in [0.5, 0.6) is 0 Å². The summed E-state index contributed by atoms with van der Waals surface area (Å²) in [7, 11) is 0. The van der Waals surface area contributed by atoms with Crippen molar-refractivity contribution in [1.29, 1.82) is 0 Å². The van der Waals surface area contributed by atoms with Gasteiger partial charge in [0.25, 0.3) is 5.89 Å². The molecule has 3 heterocycles. The monoisotopic (exact) mass is 406 g/mol. The number of urea groups is 1. The van der Waals surface area contributed by atoms with Crippen molar-refractivity contribution in [3.05, 3.63) is 54.3 Å². The fraction of sp³-hybridized carbons (Fsp3) is 0.316. The lowest BCUT2D eigenvalue weighted by Crippen LogP contribution is -2.40. The van der Waals surface area contributed by atoms with E-state index in [1.54, 1.807) is 11.0 Å². The van der Waals surface area contributed by atoms with Crippen molar-refractivity contribution < 1.29 is 26.8 Å². The fourth-order valence-corrected chi connectivity index (χ4v) is 3.18. The zero-order valence-corrected chi connectivity index (χ0v) is 15.1. The smallest absolute Gasteiger partial charge is 0.416 e. The number of anilines is 1. The van der Waals surface area contributed by atoms with Crippen LogP contribution in [0.4, 0.5) is 23.7 Å². The largest absolute Gasteiger partial charge is 0.472 e. The normalized spacial score (nSPS) is 15.5. The highest BCUT2D eigenvalue weighted by atomic mass is 19.4. The number of furan rings is 1. The maximum atomic E-state index is 12.6. The van der Waals surface area contributed by atoms with Crippen LogP contribution in [0.1, 0.15) is 30.2 Å². The van der Waals surface area contributed by atoms with Crippen molar-refractivity contribution in [3.8, 4) is 11.5 Å². The van der Waals surface area contributed by atoms with Crippen molar-refractivity contribution in [2.24, 2.45) is 0 Å². The Hall–Kier alpha value is -3.30. The first-order valence-electron chi connectivity index (χ1n) is 8.99. The number of hydrogen-bond acceptors (Lipinski definition) is 5. The number of carbonyl (C=O) groups is 1. The number of nitrogens with one attached hydrogen (secondary N) is 1. The Morgan fingerprint density at radius 2 is 1.83 bits per heavy atom. The minimum Gasteiger partial charge on any atom is -0.472 e. The number of rotatable bonds is 3. The number of aromatic nitrogens is 2. The summed E-state index contributed by atoms with van der Waals surface area (Å²) in [6, 6.07) is 5.73. The lowest BCUT2D eigenvalue weighted by atomic mass is 9.97. The summed E-state index contributed by atoms with van der Waals surface area (Å²) in [5.74, 6) is 0.943. The Kier molecular flexibility index (Phi) is 4.99. The zero-order chi connectivity index (χ0) is 20.4. The van der Waals surface area contributed by atoms with Gasteiger partial charge in [-0.3, -0.25) is 0 Å². The third-order valence-corrected chi connectivity index (χ3v) is 4.80. The molecule has 0 aliphatic carbocycles. The second-order valence-electron chi connectivity index (χ2n) is 6.72. The molecule has 2 aromatic heterocycles. The molecule has 0 bridgehead atoms. The molecule has 0 atom stereocenters. The number of benzene rings is 1. The Bertz CT molecular complexity index is 960. The molecule has 0 saturated carbocycles. The van der Waals surface area contributed by atoms with Crippen LogP contribution in [0, 0.1) is 0 Å². The molecule has 1 N–H and O–H groups in total. The van der Waals surface area contributed by atoms with Gasteiger partial charge in [-0.2, -0.15) is 13.2 Å². The van der Waals surface area contributed by atoms with Crippen molar-refractivity contribution >= 4 is 11.7 Å². The predicted octanol–water partition coefficient (Wildman–Crippen LogP) is 4.76. The van der Waals surface area contributed by atoms with Crippen LogP contribution in [0.3, 0.4) is 0 Å². The Morgan fingerprint density at radius 1 is 1.10 bits per heavy atom. The third-order valence-electron chi connectivity index (χ3n) is 4.80. The summed E-state index contributed by atoms with van der Waals surface area (Å²) in [5, 5.41) is 10.7. The van der Waals surface area contributed by atoms with Crippen molar-refractivity contribution in [2.75, 3.05) is 18.4 Å². The number of carbonyl (C=O) groups excluding carboxylic acids is 1. The second kappa shape index (κ2) is 7.61. The van der Waals surface area contributed by atoms with Gasteiger partial charge in [0.2, 0.25) is 5.89 Å². The molecule has 1 fully saturated rings. The van der Waals surface area contributed by atoms with Crippen LogP contribution < -0.4 is 5.32 Å². The van der Waals surface area contributed by atoms with Gasteiger partial charge < -0.3 is 19.1 Å². The van der Waals surface area contributed by atoms with Crippen molar-refractivity contribution in [1.82, 2.24) is 15.1 Å². The van der Waals surface area contributed by atoms with E-state index in [0.717, 1.165) is 12.1 Å². The number of likely N-dealkylation sites (tertiary alicyclic amines) is 1. The van der Waals surface area contributed by atoms with Gasteiger partial charge >= 0.3 is 12.2 Å². The second-order valence-corrected chi connectivity index (χ2v) is 6.72. The van der Waals surface area contributed by atoms with E-state index in [-0.39, 0.29) is 11.9 Å². The van der Waals surface area contributed by atoms with E-state index in [0.29, 0.717) is 49.0 Å². The zero-order valence-electron chi connectivity index (χ0n) is 15.1. The van der Waals surface area contributed by atoms with Crippen LogP contribution in [0.15, 0.2) is 51.7 Å². The average molecular weight is 406 g/mol. The molecule has 4 rings (SSSR count). The fourth-order valence-electron chi connectivity index (χ4n) is 3.18. The number of hydrogen-bond donors (Lipinski definition) is 1. The highest BCUT2D eigenvalue weighted by Gasteiger charge is 2.30. The minimum atomic E-state index is -4.41. The number of halogens is 3. The summed E-state index contributed by atoms with van der Waals surface area (Å²) < 4.78 is 48.5. The summed E-state index contributed by atoms with van der Waals surface area (Å²) in [4.78, 5) is 14.0. The molecule has 0 spiro atoms. The molecular formula is C19H17F3N4O3. The van der Waals surface area contributed by atoms with E-state index in [4.69, 9.17) is 8.83 Å². The van der Waals surface area contributed by atoms with Gasteiger partial charge in [-0.25, -0.2) is 4.79 Å².